The Bertz CT molecular complexity index is 572. The van der Waals surface area contributed by atoms with Gasteiger partial charge in [0.05, 0.1) is 26.7 Å². The van der Waals surface area contributed by atoms with Crippen molar-refractivity contribution >= 4 is 11.9 Å². The summed E-state index contributed by atoms with van der Waals surface area (Å²) in [5.41, 5.74) is -0.139. The lowest BCUT2D eigenvalue weighted by Crippen LogP contribution is -2.38. The lowest BCUT2D eigenvalue weighted by molar-refractivity contribution is -0.146. The SMILES string of the molecule is COc1cc(CCC(=O)NCC(C)(C)C(=O)O)cc(OC)c1OC. The van der Waals surface area contributed by atoms with Crippen LogP contribution >= 0.6 is 0 Å². The van der Waals surface area contributed by atoms with Crippen molar-refractivity contribution in [1.29, 1.82) is 0 Å². The molecular formula is C17H25NO6. The normalized spacial score (nSPS) is 10.9. The van der Waals surface area contributed by atoms with Crippen molar-refractivity contribution in [2.75, 3.05) is 27.9 Å². The number of nitrogens with one attached hydrogen (secondary N) is 1. The van der Waals surface area contributed by atoms with Crippen molar-refractivity contribution < 1.29 is 28.9 Å². The van der Waals surface area contributed by atoms with Crippen molar-refractivity contribution in [3.63, 3.8) is 0 Å². The lowest BCUT2D eigenvalue weighted by atomic mass is 9.94. The molecule has 1 aromatic rings. The zero-order chi connectivity index (χ0) is 18.3. The summed E-state index contributed by atoms with van der Waals surface area (Å²) in [4.78, 5) is 22.9. The third-order valence-electron chi connectivity index (χ3n) is 3.67. The Labute approximate surface area is 141 Å². The Balaban J connectivity index is 2.70. The van der Waals surface area contributed by atoms with E-state index in [1.165, 1.54) is 21.3 Å². The number of aryl methyl sites for hydroxylation is 1. The Morgan fingerprint density at radius 1 is 1.08 bits per heavy atom. The molecule has 0 aliphatic carbocycles. The highest BCUT2D eigenvalue weighted by atomic mass is 16.5. The number of carboxylic acids is 1. The van der Waals surface area contributed by atoms with Gasteiger partial charge in [-0.25, -0.2) is 0 Å². The first-order valence-electron chi connectivity index (χ1n) is 7.54. The summed E-state index contributed by atoms with van der Waals surface area (Å²) in [6.45, 7) is 3.21. The fourth-order valence-corrected chi connectivity index (χ4v) is 2.02. The molecule has 0 spiro atoms. The number of methoxy groups -OCH3 is 3. The fraction of sp³-hybridized carbons (Fsp3) is 0.529. The summed E-state index contributed by atoms with van der Waals surface area (Å²) in [6, 6.07) is 3.58. The van der Waals surface area contributed by atoms with E-state index < -0.39 is 11.4 Å². The van der Waals surface area contributed by atoms with Crippen LogP contribution in [0.1, 0.15) is 25.8 Å². The van der Waals surface area contributed by atoms with Crippen LogP contribution < -0.4 is 19.5 Å². The smallest absolute Gasteiger partial charge is 0.310 e. The molecule has 0 aliphatic heterocycles. The zero-order valence-electron chi connectivity index (χ0n) is 14.8. The highest BCUT2D eigenvalue weighted by molar-refractivity contribution is 5.78. The maximum atomic E-state index is 11.9. The number of amides is 1. The molecule has 2 N–H and O–H groups in total. The predicted molar refractivity (Wildman–Crippen MR) is 88.8 cm³/mol. The van der Waals surface area contributed by atoms with Crippen molar-refractivity contribution in [3.05, 3.63) is 17.7 Å². The molecule has 1 rings (SSSR count). The van der Waals surface area contributed by atoms with Crippen molar-refractivity contribution in [2.24, 2.45) is 5.41 Å². The number of carbonyl (C=O) groups excluding carboxylic acids is 1. The average molecular weight is 339 g/mol. The van der Waals surface area contributed by atoms with Gasteiger partial charge >= 0.3 is 5.97 Å². The van der Waals surface area contributed by atoms with Crippen LogP contribution in [0.15, 0.2) is 12.1 Å². The number of aliphatic carboxylic acids is 1. The second-order valence-corrected chi connectivity index (χ2v) is 6.00. The average Bonchev–Trinajstić information content (AvgIpc) is 2.56. The topological polar surface area (TPSA) is 94.1 Å². The Hall–Kier alpha value is -2.44. The van der Waals surface area contributed by atoms with Gasteiger partial charge in [0.25, 0.3) is 0 Å². The predicted octanol–water partition coefficient (Wildman–Crippen LogP) is 1.87. The van der Waals surface area contributed by atoms with E-state index >= 15 is 0 Å². The molecule has 0 unspecified atom stereocenters. The minimum Gasteiger partial charge on any atom is -0.493 e. The molecule has 0 bridgehead atoms. The van der Waals surface area contributed by atoms with Gasteiger partial charge in [-0.05, 0) is 38.0 Å². The van der Waals surface area contributed by atoms with Gasteiger partial charge in [0, 0.05) is 13.0 Å². The quantitative estimate of drug-likeness (QED) is 0.713. The van der Waals surface area contributed by atoms with Gasteiger partial charge in [-0.15, -0.1) is 0 Å². The zero-order valence-corrected chi connectivity index (χ0v) is 14.8. The Morgan fingerprint density at radius 3 is 2.04 bits per heavy atom. The standard InChI is InChI=1S/C17H25NO6/c1-17(2,16(20)21)10-18-14(19)7-6-11-8-12(22-3)15(24-5)13(9-11)23-4/h8-9H,6-7,10H2,1-5H3,(H,18,19)(H,20,21). The maximum Gasteiger partial charge on any atom is 0.310 e. The van der Waals surface area contributed by atoms with Crippen LogP contribution in [0, 0.1) is 5.41 Å². The Morgan fingerprint density at radius 2 is 1.62 bits per heavy atom. The molecule has 134 valence electrons. The van der Waals surface area contributed by atoms with Gasteiger partial charge in [-0.2, -0.15) is 0 Å². The van der Waals surface area contributed by atoms with Gasteiger partial charge in [-0.3, -0.25) is 9.59 Å². The molecule has 0 saturated carbocycles. The number of ether oxygens (including phenoxy) is 3. The summed E-state index contributed by atoms with van der Waals surface area (Å²) in [7, 11) is 4.58. The van der Waals surface area contributed by atoms with Crippen molar-refractivity contribution in [2.45, 2.75) is 26.7 Å². The summed E-state index contributed by atoms with van der Waals surface area (Å²) < 4.78 is 15.8. The molecule has 7 heteroatoms. The van der Waals surface area contributed by atoms with E-state index in [2.05, 4.69) is 5.32 Å². The van der Waals surface area contributed by atoms with E-state index in [4.69, 9.17) is 19.3 Å². The van der Waals surface area contributed by atoms with E-state index in [0.29, 0.717) is 23.7 Å². The van der Waals surface area contributed by atoms with Crippen LogP contribution in [0.2, 0.25) is 0 Å². The van der Waals surface area contributed by atoms with Crippen LogP contribution in [-0.2, 0) is 16.0 Å². The van der Waals surface area contributed by atoms with Crippen molar-refractivity contribution in [1.82, 2.24) is 5.32 Å². The summed E-state index contributed by atoms with van der Waals surface area (Å²) >= 11 is 0. The van der Waals surface area contributed by atoms with Gasteiger partial charge in [0.2, 0.25) is 11.7 Å². The molecule has 0 atom stereocenters. The van der Waals surface area contributed by atoms with Gasteiger partial charge in [0.1, 0.15) is 0 Å². The third kappa shape index (κ3) is 5.04. The van der Waals surface area contributed by atoms with E-state index in [1.807, 2.05) is 0 Å². The van der Waals surface area contributed by atoms with Gasteiger partial charge in [0.15, 0.2) is 11.5 Å². The number of hydrogen-bond donors (Lipinski definition) is 2. The second-order valence-electron chi connectivity index (χ2n) is 6.00. The number of hydrogen-bond acceptors (Lipinski definition) is 5. The molecule has 0 aromatic heterocycles. The van der Waals surface area contributed by atoms with E-state index in [0.717, 1.165) is 5.56 Å². The lowest BCUT2D eigenvalue weighted by Gasteiger charge is -2.19. The molecule has 0 saturated heterocycles. The third-order valence-corrected chi connectivity index (χ3v) is 3.67. The number of carboxylic acid groups (broad SMARTS) is 1. The number of carbonyl (C=O) groups is 2. The molecule has 1 amide bonds. The monoisotopic (exact) mass is 339 g/mol. The summed E-state index contributed by atoms with van der Waals surface area (Å²) in [6.07, 6.45) is 0.699. The van der Waals surface area contributed by atoms with Crippen LogP contribution in [0.3, 0.4) is 0 Å². The minimum atomic E-state index is -0.998. The Kier molecular flexibility index (Phi) is 6.88. The molecule has 1 aromatic carbocycles. The summed E-state index contributed by atoms with van der Waals surface area (Å²) in [5.74, 6) is 0.389. The molecule has 0 heterocycles. The highest BCUT2D eigenvalue weighted by Crippen LogP contribution is 2.38. The van der Waals surface area contributed by atoms with Crippen molar-refractivity contribution in [3.8, 4) is 17.2 Å². The molecular weight excluding hydrogens is 314 g/mol. The van der Waals surface area contributed by atoms with Crippen LogP contribution in [0.5, 0.6) is 17.2 Å². The maximum absolute atomic E-state index is 11.9. The van der Waals surface area contributed by atoms with E-state index in [1.54, 1.807) is 26.0 Å². The van der Waals surface area contributed by atoms with E-state index in [9.17, 15) is 9.59 Å². The molecule has 0 aliphatic rings. The number of benzene rings is 1. The van der Waals surface area contributed by atoms with Gasteiger partial charge in [-0.1, -0.05) is 0 Å². The first kappa shape index (κ1) is 19.6. The summed E-state index contributed by atoms with van der Waals surface area (Å²) in [5, 5.41) is 11.7. The van der Waals surface area contributed by atoms with Crippen LogP contribution in [-0.4, -0.2) is 44.9 Å². The van der Waals surface area contributed by atoms with Crippen LogP contribution in [0.4, 0.5) is 0 Å². The second kappa shape index (κ2) is 8.42. The highest BCUT2D eigenvalue weighted by Gasteiger charge is 2.27. The molecule has 0 radical (unpaired) electrons. The first-order valence-corrected chi connectivity index (χ1v) is 7.54. The fourth-order valence-electron chi connectivity index (χ4n) is 2.02. The molecule has 24 heavy (non-hydrogen) atoms. The molecule has 0 fully saturated rings. The largest absolute Gasteiger partial charge is 0.493 e. The first-order chi connectivity index (χ1) is 11.2. The van der Waals surface area contributed by atoms with E-state index in [-0.39, 0.29) is 18.9 Å². The van der Waals surface area contributed by atoms with Crippen LogP contribution in [0.25, 0.3) is 0 Å². The molecule has 7 nitrogen and oxygen atoms in total. The number of rotatable bonds is 9. The minimum absolute atomic E-state index is 0.0798. The van der Waals surface area contributed by atoms with Gasteiger partial charge < -0.3 is 24.6 Å².